The Morgan fingerprint density at radius 2 is 1.90 bits per heavy atom. The minimum absolute atomic E-state index is 0.570. The van der Waals surface area contributed by atoms with Gasteiger partial charge in [-0.2, -0.15) is 5.10 Å². The second-order valence-electron chi connectivity index (χ2n) is 5.49. The van der Waals surface area contributed by atoms with Crippen molar-refractivity contribution in [3.63, 3.8) is 0 Å². The van der Waals surface area contributed by atoms with Gasteiger partial charge < -0.3 is 5.11 Å². The average Bonchev–Trinajstić information content (AvgIpc) is 2.76. The van der Waals surface area contributed by atoms with E-state index in [-0.39, 0.29) is 0 Å². The van der Waals surface area contributed by atoms with Gasteiger partial charge in [0.1, 0.15) is 0 Å². The van der Waals surface area contributed by atoms with Crippen LogP contribution in [0.25, 0.3) is 0 Å². The second kappa shape index (κ2) is 6.75. The van der Waals surface area contributed by atoms with Gasteiger partial charge in [0, 0.05) is 13.0 Å². The first-order valence-corrected chi connectivity index (χ1v) is 8.30. The molecule has 0 fully saturated rings. The van der Waals surface area contributed by atoms with E-state index < -0.39 is 5.60 Å². The van der Waals surface area contributed by atoms with Gasteiger partial charge in [-0.05, 0) is 41.8 Å². The van der Waals surface area contributed by atoms with E-state index in [9.17, 15) is 5.11 Å². The summed E-state index contributed by atoms with van der Waals surface area (Å²) < 4.78 is 2.98. The number of hydrogen-bond acceptors (Lipinski definition) is 2. The molecule has 1 aromatic carbocycles. The van der Waals surface area contributed by atoms with Gasteiger partial charge in [-0.15, -0.1) is 0 Å². The number of halogens is 1. The molecule has 2 aromatic rings. The van der Waals surface area contributed by atoms with Gasteiger partial charge in [0.05, 0.1) is 21.5 Å². The predicted molar refractivity (Wildman–Crippen MR) is 89.3 cm³/mol. The quantitative estimate of drug-likeness (QED) is 0.847. The Morgan fingerprint density at radius 1 is 1.24 bits per heavy atom. The van der Waals surface area contributed by atoms with Gasteiger partial charge in [-0.1, -0.05) is 43.7 Å². The summed E-state index contributed by atoms with van der Waals surface area (Å²) in [7, 11) is 0. The van der Waals surface area contributed by atoms with Gasteiger partial charge in [0.25, 0.3) is 0 Å². The molecule has 1 heterocycles. The molecule has 0 aliphatic rings. The third kappa shape index (κ3) is 3.38. The van der Waals surface area contributed by atoms with E-state index in [0.717, 1.165) is 40.8 Å². The fourth-order valence-electron chi connectivity index (χ4n) is 2.81. The van der Waals surface area contributed by atoms with Crippen molar-refractivity contribution in [2.75, 3.05) is 0 Å². The lowest BCUT2D eigenvalue weighted by atomic mass is 9.85. The SMILES string of the molecule is CCCC(O)(Cc1c(Br)c(C)nn1CC)c1ccccc1. The Bertz CT molecular complexity index is 594. The van der Waals surface area contributed by atoms with Crippen LogP contribution in [-0.4, -0.2) is 14.9 Å². The molecule has 0 radical (unpaired) electrons. The van der Waals surface area contributed by atoms with Crippen LogP contribution in [0.4, 0.5) is 0 Å². The zero-order valence-corrected chi connectivity index (χ0v) is 14.5. The molecule has 1 N–H and O–H groups in total. The van der Waals surface area contributed by atoms with Crippen molar-refractivity contribution in [1.29, 1.82) is 0 Å². The highest BCUT2D eigenvalue weighted by atomic mass is 79.9. The Balaban J connectivity index is 2.41. The molecule has 1 atom stereocenters. The molecule has 0 amide bonds. The average molecular weight is 351 g/mol. The van der Waals surface area contributed by atoms with Crippen molar-refractivity contribution in [3.05, 3.63) is 51.8 Å². The Morgan fingerprint density at radius 3 is 2.48 bits per heavy atom. The predicted octanol–water partition coefficient (Wildman–Crippen LogP) is 4.20. The number of aromatic nitrogens is 2. The summed E-state index contributed by atoms with van der Waals surface area (Å²) in [6.45, 7) is 6.97. The van der Waals surface area contributed by atoms with Crippen molar-refractivity contribution in [3.8, 4) is 0 Å². The maximum Gasteiger partial charge on any atom is 0.0951 e. The highest BCUT2D eigenvalue weighted by Crippen LogP contribution is 2.34. The van der Waals surface area contributed by atoms with E-state index in [2.05, 4.69) is 34.9 Å². The summed E-state index contributed by atoms with van der Waals surface area (Å²) in [5.41, 5.74) is 2.16. The van der Waals surface area contributed by atoms with E-state index in [1.54, 1.807) is 0 Å². The lowest BCUT2D eigenvalue weighted by molar-refractivity contribution is 0.0247. The van der Waals surface area contributed by atoms with Gasteiger partial charge in [0.2, 0.25) is 0 Å². The highest BCUT2D eigenvalue weighted by Gasteiger charge is 2.31. The highest BCUT2D eigenvalue weighted by molar-refractivity contribution is 9.10. The van der Waals surface area contributed by atoms with Crippen molar-refractivity contribution in [1.82, 2.24) is 9.78 Å². The topological polar surface area (TPSA) is 38.1 Å². The number of nitrogens with zero attached hydrogens (tertiary/aromatic N) is 2. The normalized spacial score (nSPS) is 14.1. The van der Waals surface area contributed by atoms with Crippen LogP contribution in [0.1, 0.15) is 43.6 Å². The zero-order chi connectivity index (χ0) is 15.5. The minimum Gasteiger partial charge on any atom is -0.385 e. The maximum atomic E-state index is 11.2. The fraction of sp³-hybridized carbons (Fsp3) is 0.471. The van der Waals surface area contributed by atoms with E-state index in [4.69, 9.17) is 0 Å². The molecule has 2 rings (SSSR count). The molecule has 0 saturated carbocycles. The third-order valence-corrected chi connectivity index (χ3v) is 4.92. The van der Waals surface area contributed by atoms with Crippen LogP contribution in [-0.2, 0) is 18.6 Å². The molecule has 0 aliphatic heterocycles. The van der Waals surface area contributed by atoms with Crippen molar-refractivity contribution in [2.45, 2.75) is 52.2 Å². The molecule has 0 bridgehead atoms. The minimum atomic E-state index is -0.849. The standard InChI is InChI=1S/C17H23BrN2O/c1-4-11-17(21,14-9-7-6-8-10-14)12-15-16(18)13(3)19-20(15)5-2/h6-10,21H,4-5,11-12H2,1-3H3. The smallest absolute Gasteiger partial charge is 0.0951 e. The summed E-state index contributed by atoms with van der Waals surface area (Å²) in [4.78, 5) is 0. The largest absolute Gasteiger partial charge is 0.385 e. The zero-order valence-electron chi connectivity index (χ0n) is 12.9. The van der Waals surface area contributed by atoms with Crippen LogP contribution in [0.3, 0.4) is 0 Å². The molecule has 0 saturated heterocycles. The lowest BCUT2D eigenvalue weighted by Gasteiger charge is -2.29. The van der Waals surface area contributed by atoms with Crippen molar-refractivity contribution in [2.24, 2.45) is 0 Å². The fourth-order valence-corrected chi connectivity index (χ4v) is 3.24. The number of aryl methyl sites for hydroxylation is 2. The molecule has 0 spiro atoms. The molecule has 21 heavy (non-hydrogen) atoms. The van der Waals surface area contributed by atoms with Crippen LogP contribution in [0.5, 0.6) is 0 Å². The molecule has 4 heteroatoms. The van der Waals surface area contributed by atoms with E-state index in [0.29, 0.717) is 6.42 Å². The molecule has 3 nitrogen and oxygen atoms in total. The summed E-state index contributed by atoms with van der Waals surface area (Å²) in [6.07, 6.45) is 2.24. The molecule has 114 valence electrons. The van der Waals surface area contributed by atoms with Gasteiger partial charge in [0.15, 0.2) is 0 Å². The summed E-state index contributed by atoms with van der Waals surface area (Å²) in [5.74, 6) is 0. The number of hydrogen-bond donors (Lipinski definition) is 1. The van der Waals surface area contributed by atoms with Gasteiger partial charge >= 0.3 is 0 Å². The Labute approximate surface area is 135 Å². The Hall–Kier alpha value is -1.13. The van der Waals surface area contributed by atoms with Crippen molar-refractivity contribution < 1.29 is 5.11 Å². The van der Waals surface area contributed by atoms with Crippen LogP contribution < -0.4 is 0 Å². The maximum absolute atomic E-state index is 11.2. The van der Waals surface area contributed by atoms with Gasteiger partial charge in [-0.25, -0.2) is 0 Å². The summed E-state index contributed by atoms with van der Waals surface area (Å²) >= 11 is 3.62. The second-order valence-corrected chi connectivity index (χ2v) is 6.28. The molecule has 1 unspecified atom stereocenters. The monoisotopic (exact) mass is 350 g/mol. The first-order valence-electron chi connectivity index (χ1n) is 7.51. The summed E-state index contributed by atoms with van der Waals surface area (Å²) in [6, 6.07) is 9.94. The van der Waals surface area contributed by atoms with E-state index in [1.807, 2.05) is 41.9 Å². The van der Waals surface area contributed by atoms with Crippen molar-refractivity contribution >= 4 is 15.9 Å². The van der Waals surface area contributed by atoms with Crippen LogP contribution >= 0.6 is 15.9 Å². The first-order chi connectivity index (χ1) is 10.0. The first kappa shape index (κ1) is 16.2. The molecule has 1 aromatic heterocycles. The van der Waals surface area contributed by atoms with Crippen LogP contribution in [0.2, 0.25) is 0 Å². The Kier molecular flexibility index (Phi) is 5.22. The van der Waals surface area contributed by atoms with E-state index in [1.165, 1.54) is 0 Å². The third-order valence-electron chi connectivity index (χ3n) is 3.89. The van der Waals surface area contributed by atoms with Crippen LogP contribution in [0.15, 0.2) is 34.8 Å². The molecule has 0 aliphatic carbocycles. The number of rotatable bonds is 6. The van der Waals surface area contributed by atoms with Crippen LogP contribution in [0, 0.1) is 6.92 Å². The molecular formula is C17H23BrN2O. The van der Waals surface area contributed by atoms with Gasteiger partial charge in [-0.3, -0.25) is 4.68 Å². The number of aliphatic hydroxyl groups is 1. The van der Waals surface area contributed by atoms with E-state index >= 15 is 0 Å². The molecular weight excluding hydrogens is 328 g/mol. The lowest BCUT2D eigenvalue weighted by Crippen LogP contribution is -2.29. The summed E-state index contributed by atoms with van der Waals surface area (Å²) in [5, 5.41) is 15.8. The number of benzene rings is 1.